The highest BCUT2D eigenvalue weighted by atomic mass is 16.5. The molecule has 0 aliphatic rings. The molecule has 2 aromatic heterocycles. The zero-order valence-corrected chi connectivity index (χ0v) is 13.6. The van der Waals surface area contributed by atoms with Gasteiger partial charge in [0.2, 0.25) is 5.43 Å². The van der Waals surface area contributed by atoms with E-state index in [0.717, 1.165) is 25.1 Å². The minimum Gasteiger partial charge on any atom is -0.465 e. The summed E-state index contributed by atoms with van der Waals surface area (Å²) in [6, 6.07) is 9.33. The number of aromatic nitrogens is 2. The van der Waals surface area contributed by atoms with Crippen molar-refractivity contribution < 1.29 is 19.1 Å². The van der Waals surface area contributed by atoms with Gasteiger partial charge in [-0.05, 0) is 12.1 Å². The highest BCUT2D eigenvalue weighted by Gasteiger charge is 2.20. The number of ether oxygens (including phenoxy) is 2. The Hall–Kier alpha value is -3.48. The zero-order valence-electron chi connectivity index (χ0n) is 13.6. The van der Waals surface area contributed by atoms with Crippen LogP contribution in [-0.4, -0.2) is 35.7 Å². The fourth-order valence-corrected chi connectivity index (χ4v) is 2.44. The third-order valence-electron chi connectivity index (χ3n) is 3.71. The Morgan fingerprint density at radius 1 is 1.00 bits per heavy atom. The van der Waals surface area contributed by atoms with Gasteiger partial charge in [-0.1, -0.05) is 18.2 Å². The van der Waals surface area contributed by atoms with Gasteiger partial charge in [0.25, 0.3) is 0 Å². The van der Waals surface area contributed by atoms with Gasteiger partial charge in [0, 0.05) is 17.8 Å². The van der Waals surface area contributed by atoms with Crippen LogP contribution in [0.25, 0.3) is 16.6 Å². The lowest BCUT2D eigenvalue weighted by Gasteiger charge is -2.11. The van der Waals surface area contributed by atoms with E-state index >= 15 is 0 Å². The minimum absolute atomic E-state index is 0.265. The first-order valence-corrected chi connectivity index (χ1v) is 7.33. The molecule has 3 rings (SSSR count). The topological polar surface area (TPSA) is 87.5 Å². The number of carbonyl (C=O) groups excluding carboxylic acids is 2. The number of hydrogen-bond acceptors (Lipinski definition) is 6. The fraction of sp³-hybridized carbons (Fsp3) is 0.111. The van der Waals surface area contributed by atoms with E-state index in [1.807, 2.05) is 30.3 Å². The van der Waals surface area contributed by atoms with Gasteiger partial charge in [0.05, 0.1) is 31.6 Å². The Morgan fingerprint density at radius 2 is 1.60 bits per heavy atom. The van der Waals surface area contributed by atoms with Crippen molar-refractivity contribution >= 4 is 22.8 Å². The first-order chi connectivity index (χ1) is 12.0. The average molecular weight is 338 g/mol. The molecule has 0 unspecified atom stereocenters. The molecule has 3 aromatic rings. The monoisotopic (exact) mass is 338 g/mol. The SMILES string of the molecule is COC(=O)c1cn(-c2cnc3ccccc3c2)cc(C(=O)OC)c1=O. The van der Waals surface area contributed by atoms with Crippen LogP contribution in [-0.2, 0) is 9.47 Å². The summed E-state index contributed by atoms with van der Waals surface area (Å²) in [4.78, 5) is 40.5. The van der Waals surface area contributed by atoms with E-state index in [-0.39, 0.29) is 11.1 Å². The van der Waals surface area contributed by atoms with Crippen LogP contribution in [0.3, 0.4) is 0 Å². The molecule has 0 fully saturated rings. The van der Waals surface area contributed by atoms with Crippen molar-refractivity contribution in [2.24, 2.45) is 0 Å². The third-order valence-corrected chi connectivity index (χ3v) is 3.71. The van der Waals surface area contributed by atoms with Gasteiger partial charge in [-0.2, -0.15) is 0 Å². The second-order valence-electron chi connectivity index (χ2n) is 5.19. The first kappa shape index (κ1) is 16.4. The summed E-state index contributed by atoms with van der Waals surface area (Å²) in [5.74, 6) is -1.67. The number of rotatable bonds is 3. The lowest BCUT2D eigenvalue weighted by molar-refractivity contribution is 0.0595. The highest BCUT2D eigenvalue weighted by Crippen LogP contribution is 2.16. The number of fused-ring (bicyclic) bond motifs is 1. The van der Waals surface area contributed by atoms with Crippen LogP contribution in [0.15, 0.2) is 53.7 Å². The Balaban J connectivity index is 2.25. The predicted molar refractivity (Wildman–Crippen MR) is 90.0 cm³/mol. The van der Waals surface area contributed by atoms with Crippen molar-refractivity contribution in [3.63, 3.8) is 0 Å². The molecule has 0 bridgehead atoms. The first-order valence-electron chi connectivity index (χ1n) is 7.33. The summed E-state index contributed by atoms with van der Waals surface area (Å²) in [7, 11) is 2.32. The van der Waals surface area contributed by atoms with Crippen LogP contribution in [0, 0.1) is 0 Å². The van der Waals surface area contributed by atoms with Crippen LogP contribution in [0.4, 0.5) is 0 Å². The van der Waals surface area contributed by atoms with Crippen LogP contribution in [0.2, 0.25) is 0 Å². The summed E-state index contributed by atoms with van der Waals surface area (Å²) in [6.07, 6.45) is 4.20. The van der Waals surface area contributed by atoms with E-state index in [1.54, 1.807) is 6.20 Å². The van der Waals surface area contributed by atoms with E-state index in [9.17, 15) is 14.4 Å². The average Bonchev–Trinajstić information content (AvgIpc) is 2.66. The van der Waals surface area contributed by atoms with E-state index < -0.39 is 17.4 Å². The molecule has 7 nitrogen and oxygen atoms in total. The van der Waals surface area contributed by atoms with Crippen LogP contribution in [0.1, 0.15) is 20.7 Å². The summed E-state index contributed by atoms with van der Waals surface area (Å²) in [6.45, 7) is 0. The number of hydrogen-bond donors (Lipinski definition) is 0. The van der Waals surface area contributed by atoms with E-state index in [2.05, 4.69) is 14.5 Å². The summed E-state index contributed by atoms with van der Waals surface area (Å²) >= 11 is 0. The third kappa shape index (κ3) is 2.99. The van der Waals surface area contributed by atoms with Crippen molar-refractivity contribution in [2.75, 3.05) is 14.2 Å². The Bertz CT molecular complexity index is 999. The molecule has 7 heteroatoms. The maximum absolute atomic E-state index is 12.3. The van der Waals surface area contributed by atoms with Crippen molar-refractivity contribution in [3.05, 3.63) is 70.3 Å². The van der Waals surface area contributed by atoms with Gasteiger partial charge >= 0.3 is 11.9 Å². The molecule has 0 saturated heterocycles. The van der Waals surface area contributed by atoms with Crippen LogP contribution in [0.5, 0.6) is 0 Å². The van der Waals surface area contributed by atoms with Crippen molar-refractivity contribution in [1.82, 2.24) is 9.55 Å². The quantitative estimate of drug-likeness (QED) is 0.679. The molecule has 0 atom stereocenters. The molecule has 0 spiro atoms. The molecule has 0 amide bonds. The van der Waals surface area contributed by atoms with E-state index in [4.69, 9.17) is 0 Å². The molecule has 126 valence electrons. The molecular weight excluding hydrogens is 324 g/mol. The number of benzene rings is 1. The lowest BCUT2D eigenvalue weighted by atomic mass is 10.1. The molecule has 0 saturated carbocycles. The second-order valence-corrected chi connectivity index (χ2v) is 5.19. The van der Waals surface area contributed by atoms with E-state index in [0.29, 0.717) is 5.69 Å². The second kappa shape index (κ2) is 6.56. The normalized spacial score (nSPS) is 10.5. The van der Waals surface area contributed by atoms with Gasteiger partial charge in [0.15, 0.2) is 0 Å². The number of carbonyl (C=O) groups is 2. The smallest absolute Gasteiger partial charge is 0.343 e. The highest BCUT2D eigenvalue weighted by molar-refractivity contribution is 5.94. The lowest BCUT2D eigenvalue weighted by Crippen LogP contribution is -2.25. The number of pyridine rings is 2. The maximum Gasteiger partial charge on any atom is 0.343 e. The number of nitrogens with zero attached hydrogens (tertiary/aromatic N) is 2. The molecule has 2 heterocycles. The Kier molecular flexibility index (Phi) is 4.30. The summed E-state index contributed by atoms with van der Waals surface area (Å²) < 4.78 is 10.7. The van der Waals surface area contributed by atoms with Crippen LogP contribution < -0.4 is 5.43 Å². The van der Waals surface area contributed by atoms with E-state index in [1.165, 1.54) is 17.0 Å². The molecule has 0 radical (unpaired) electrons. The molecule has 1 aromatic carbocycles. The summed E-state index contributed by atoms with van der Waals surface area (Å²) in [5.41, 5.74) is 0.100. The largest absolute Gasteiger partial charge is 0.465 e. The Labute approximate surface area is 142 Å². The van der Waals surface area contributed by atoms with Crippen molar-refractivity contribution in [2.45, 2.75) is 0 Å². The maximum atomic E-state index is 12.3. The van der Waals surface area contributed by atoms with Gasteiger partial charge in [-0.25, -0.2) is 9.59 Å². The van der Waals surface area contributed by atoms with Gasteiger partial charge in [0.1, 0.15) is 11.1 Å². The molecular formula is C18H14N2O5. The molecule has 25 heavy (non-hydrogen) atoms. The van der Waals surface area contributed by atoms with Crippen LogP contribution >= 0.6 is 0 Å². The molecule has 0 aliphatic carbocycles. The van der Waals surface area contributed by atoms with Crippen molar-refractivity contribution in [3.8, 4) is 5.69 Å². The van der Waals surface area contributed by atoms with Gasteiger partial charge in [-0.3, -0.25) is 9.78 Å². The standard InChI is InChI=1S/C18H14N2O5/c1-24-17(22)13-9-20(10-14(16(13)21)18(23)25-2)12-7-11-5-3-4-6-15(11)19-8-12/h3-10H,1-2H3. The predicted octanol–water partition coefficient (Wildman–Crippen LogP) is 1.96. The Morgan fingerprint density at radius 3 is 2.20 bits per heavy atom. The van der Waals surface area contributed by atoms with Gasteiger partial charge < -0.3 is 14.0 Å². The molecule has 0 N–H and O–H groups in total. The summed E-state index contributed by atoms with van der Waals surface area (Å²) in [5, 5.41) is 0.873. The number of methoxy groups -OCH3 is 2. The number of esters is 2. The minimum atomic E-state index is -0.835. The number of para-hydroxylation sites is 1. The zero-order chi connectivity index (χ0) is 18.0. The van der Waals surface area contributed by atoms with Crippen molar-refractivity contribution in [1.29, 1.82) is 0 Å². The fourth-order valence-electron chi connectivity index (χ4n) is 2.44. The molecule has 0 aliphatic heterocycles. The van der Waals surface area contributed by atoms with Gasteiger partial charge in [-0.15, -0.1) is 0 Å².